The molecular formula is C21H26ClN7O. The van der Waals surface area contributed by atoms with E-state index < -0.39 is 0 Å². The topological polar surface area (TPSA) is 79.6 Å². The Bertz CT molecular complexity index is 1070. The first-order valence-electron chi connectivity index (χ1n) is 10.4. The molecule has 2 aliphatic rings. The Morgan fingerprint density at radius 2 is 2.07 bits per heavy atom. The zero-order valence-corrected chi connectivity index (χ0v) is 18.1. The Balaban J connectivity index is 1.49. The van der Waals surface area contributed by atoms with E-state index in [4.69, 9.17) is 26.3 Å². The first kappa shape index (κ1) is 19.7. The molecule has 8 nitrogen and oxygen atoms in total. The van der Waals surface area contributed by atoms with Crippen LogP contribution in [0.15, 0.2) is 30.6 Å². The van der Waals surface area contributed by atoms with Crippen molar-refractivity contribution in [2.45, 2.75) is 39.0 Å². The van der Waals surface area contributed by atoms with Crippen LogP contribution in [-0.4, -0.2) is 57.2 Å². The van der Waals surface area contributed by atoms with Crippen molar-refractivity contribution in [1.29, 1.82) is 0 Å². The van der Waals surface area contributed by atoms with Gasteiger partial charge in [0, 0.05) is 43.5 Å². The molecular weight excluding hydrogens is 402 g/mol. The molecule has 3 aromatic heterocycles. The largest absolute Gasteiger partial charge is 0.371 e. The van der Waals surface area contributed by atoms with Crippen molar-refractivity contribution in [2.24, 2.45) is 5.92 Å². The second kappa shape index (κ2) is 7.77. The highest BCUT2D eigenvalue weighted by Gasteiger charge is 2.37. The van der Waals surface area contributed by atoms with Crippen molar-refractivity contribution in [3.63, 3.8) is 0 Å². The van der Waals surface area contributed by atoms with Crippen molar-refractivity contribution in [3.05, 3.63) is 41.3 Å². The summed E-state index contributed by atoms with van der Waals surface area (Å²) in [6.07, 6.45) is 3.93. The monoisotopic (exact) mass is 427 g/mol. The van der Waals surface area contributed by atoms with Gasteiger partial charge in [0.05, 0.1) is 34.8 Å². The summed E-state index contributed by atoms with van der Waals surface area (Å²) in [5.74, 6) is 1.13. The Kier molecular flexibility index (Phi) is 5.10. The molecule has 0 amide bonds. The number of aromatic nitrogens is 4. The number of anilines is 1. The summed E-state index contributed by atoms with van der Waals surface area (Å²) in [6, 6.07) is 6.09. The minimum Gasteiger partial charge on any atom is -0.371 e. The van der Waals surface area contributed by atoms with Crippen molar-refractivity contribution < 1.29 is 4.74 Å². The van der Waals surface area contributed by atoms with E-state index >= 15 is 0 Å². The molecule has 2 saturated heterocycles. The summed E-state index contributed by atoms with van der Waals surface area (Å²) in [6.45, 7) is 8.73. The minimum absolute atomic E-state index is 0.110. The van der Waals surface area contributed by atoms with E-state index in [2.05, 4.69) is 34.6 Å². The Hall–Kier alpha value is -2.26. The molecule has 0 bridgehead atoms. The number of nitrogens with zero attached hydrogens (tertiary/aromatic N) is 5. The SMILES string of the molecule is Cc1cc(-c2cnc3ccc(Cl)cn23)nc(N2C[C@@H](C)O[C@@H](C3CNNC3C)C2)n1. The summed E-state index contributed by atoms with van der Waals surface area (Å²) in [7, 11) is 0. The van der Waals surface area contributed by atoms with Gasteiger partial charge in [-0.1, -0.05) is 11.6 Å². The number of hydrogen-bond acceptors (Lipinski definition) is 7. The van der Waals surface area contributed by atoms with Crippen LogP contribution in [0, 0.1) is 12.8 Å². The molecule has 2 N–H and O–H groups in total. The average Bonchev–Trinajstić information content (AvgIpc) is 3.32. The van der Waals surface area contributed by atoms with Crippen LogP contribution in [0.25, 0.3) is 17.0 Å². The standard InChI is InChI=1S/C21H26ClN7O/c1-12-6-17(18-8-23-20-5-4-15(22)10-29(18)20)26-21(25-12)28-9-13(2)30-19(11-28)16-7-24-27-14(16)3/h4-6,8,10,13-14,16,19,24,27H,7,9,11H2,1-3H3/t13-,14?,16?,19-/m1/s1. The lowest BCUT2D eigenvalue weighted by Gasteiger charge is -2.40. The van der Waals surface area contributed by atoms with Gasteiger partial charge in [0.2, 0.25) is 5.95 Å². The third kappa shape index (κ3) is 3.65. The molecule has 2 fully saturated rings. The van der Waals surface area contributed by atoms with Crippen LogP contribution >= 0.6 is 11.6 Å². The molecule has 0 spiro atoms. The van der Waals surface area contributed by atoms with Crippen molar-refractivity contribution in [2.75, 3.05) is 24.5 Å². The number of fused-ring (bicyclic) bond motifs is 1. The van der Waals surface area contributed by atoms with Crippen molar-refractivity contribution in [3.8, 4) is 11.4 Å². The van der Waals surface area contributed by atoms with E-state index in [1.54, 1.807) is 0 Å². The molecule has 0 aromatic carbocycles. The van der Waals surface area contributed by atoms with Crippen LogP contribution < -0.4 is 15.8 Å². The van der Waals surface area contributed by atoms with Gasteiger partial charge in [-0.3, -0.25) is 15.3 Å². The lowest BCUT2D eigenvalue weighted by atomic mass is 9.95. The first-order valence-corrected chi connectivity index (χ1v) is 10.7. The van der Waals surface area contributed by atoms with E-state index in [1.807, 2.05) is 41.9 Å². The van der Waals surface area contributed by atoms with E-state index in [1.165, 1.54) is 0 Å². The van der Waals surface area contributed by atoms with Gasteiger partial charge in [-0.05, 0) is 39.0 Å². The van der Waals surface area contributed by atoms with Gasteiger partial charge in [-0.15, -0.1) is 0 Å². The summed E-state index contributed by atoms with van der Waals surface area (Å²) in [4.78, 5) is 16.4. The quantitative estimate of drug-likeness (QED) is 0.664. The van der Waals surface area contributed by atoms with E-state index in [9.17, 15) is 0 Å². The van der Waals surface area contributed by atoms with Crippen LogP contribution in [0.3, 0.4) is 0 Å². The maximum atomic E-state index is 6.29. The van der Waals surface area contributed by atoms with Gasteiger partial charge in [-0.2, -0.15) is 0 Å². The van der Waals surface area contributed by atoms with Gasteiger partial charge in [0.25, 0.3) is 0 Å². The number of rotatable bonds is 3. The number of ether oxygens (including phenoxy) is 1. The number of morpholine rings is 1. The fraction of sp³-hybridized carbons (Fsp3) is 0.476. The van der Waals surface area contributed by atoms with Crippen molar-refractivity contribution >= 4 is 23.2 Å². The normalized spacial score (nSPS) is 27.1. The molecule has 3 aromatic rings. The molecule has 158 valence electrons. The molecule has 0 saturated carbocycles. The molecule has 9 heteroatoms. The third-order valence-electron chi connectivity index (χ3n) is 5.93. The highest BCUT2D eigenvalue weighted by Crippen LogP contribution is 2.27. The molecule has 5 heterocycles. The van der Waals surface area contributed by atoms with Crippen LogP contribution in [0.4, 0.5) is 5.95 Å². The summed E-state index contributed by atoms with van der Waals surface area (Å²) >= 11 is 6.21. The minimum atomic E-state index is 0.110. The lowest BCUT2D eigenvalue weighted by molar-refractivity contribution is -0.0458. The zero-order chi connectivity index (χ0) is 20.8. The first-order chi connectivity index (χ1) is 14.5. The molecule has 2 aliphatic heterocycles. The highest BCUT2D eigenvalue weighted by atomic mass is 35.5. The maximum Gasteiger partial charge on any atom is 0.226 e. The summed E-state index contributed by atoms with van der Waals surface area (Å²) in [5.41, 5.74) is 10.0. The molecule has 2 unspecified atom stereocenters. The van der Waals surface area contributed by atoms with Gasteiger partial charge in [0.15, 0.2) is 0 Å². The lowest BCUT2D eigenvalue weighted by Crippen LogP contribution is -2.52. The van der Waals surface area contributed by atoms with Gasteiger partial charge < -0.3 is 9.64 Å². The van der Waals surface area contributed by atoms with Crippen molar-refractivity contribution in [1.82, 2.24) is 30.2 Å². The second-order valence-electron chi connectivity index (χ2n) is 8.28. The smallest absolute Gasteiger partial charge is 0.226 e. The van der Waals surface area contributed by atoms with Gasteiger partial charge in [-0.25, -0.2) is 15.0 Å². The molecule has 5 rings (SSSR count). The maximum absolute atomic E-state index is 6.29. The Morgan fingerprint density at radius 3 is 2.87 bits per heavy atom. The average molecular weight is 428 g/mol. The van der Waals surface area contributed by atoms with Crippen LogP contribution in [0.5, 0.6) is 0 Å². The number of imidazole rings is 1. The number of nitrogens with one attached hydrogen (secondary N) is 2. The van der Waals surface area contributed by atoms with Gasteiger partial charge >= 0.3 is 0 Å². The number of hydrogen-bond donors (Lipinski definition) is 2. The van der Waals surface area contributed by atoms with E-state index in [-0.39, 0.29) is 12.2 Å². The Labute approximate surface area is 180 Å². The van der Waals surface area contributed by atoms with Crippen LogP contribution in [0.2, 0.25) is 5.02 Å². The molecule has 0 radical (unpaired) electrons. The zero-order valence-electron chi connectivity index (χ0n) is 17.3. The predicted octanol–water partition coefficient (Wildman–Crippen LogP) is 2.46. The number of hydrazine groups is 1. The Morgan fingerprint density at radius 1 is 1.20 bits per heavy atom. The molecule has 4 atom stereocenters. The molecule has 0 aliphatic carbocycles. The highest BCUT2D eigenvalue weighted by molar-refractivity contribution is 6.30. The third-order valence-corrected chi connectivity index (χ3v) is 6.15. The van der Waals surface area contributed by atoms with E-state index in [0.717, 1.165) is 48.3 Å². The summed E-state index contributed by atoms with van der Waals surface area (Å²) < 4.78 is 8.26. The molecule has 30 heavy (non-hydrogen) atoms. The van der Waals surface area contributed by atoms with Crippen LogP contribution in [-0.2, 0) is 4.74 Å². The number of halogens is 1. The predicted molar refractivity (Wildman–Crippen MR) is 117 cm³/mol. The van der Waals surface area contributed by atoms with E-state index in [0.29, 0.717) is 17.0 Å². The van der Waals surface area contributed by atoms with Gasteiger partial charge in [0.1, 0.15) is 5.65 Å². The fourth-order valence-corrected chi connectivity index (χ4v) is 4.59. The second-order valence-corrected chi connectivity index (χ2v) is 8.72. The summed E-state index contributed by atoms with van der Waals surface area (Å²) in [5, 5.41) is 0.658. The fourth-order valence-electron chi connectivity index (χ4n) is 4.43. The number of aryl methyl sites for hydroxylation is 1. The number of pyridine rings is 1. The van der Waals surface area contributed by atoms with Crippen LogP contribution in [0.1, 0.15) is 19.5 Å².